The van der Waals surface area contributed by atoms with Gasteiger partial charge in [-0.15, -0.1) is 0 Å². The lowest BCUT2D eigenvalue weighted by molar-refractivity contribution is -0.175. The van der Waals surface area contributed by atoms with E-state index in [1.807, 2.05) is 0 Å². The summed E-state index contributed by atoms with van der Waals surface area (Å²) >= 11 is 0. The minimum Gasteiger partial charge on any atom is -0.171 e. The van der Waals surface area contributed by atoms with Gasteiger partial charge in [-0.25, -0.2) is 0 Å². The maximum Gasteiger partial charge on any atom is 0.391 e. The molecule has 0 aromatic carbocycles. The largest absolute Gasteiger partial charge is 0.391 e. The molecule has 0 aliphatic rings. The van der Waals surface area contributed by atoms with E-state index in [0.29, 0.717) is 6.42 Å². The van der Waals surface area contributed by atoms with Gasteiger partial charge in [-0.05, 0) is 12.8 Å². The Balaban J connectivity index is 3.81. The molecule has 0 amide bonds. The molecular formula is C7H12F3. The molecule has 1 radical (unpaired) electrons. The van der Waals surface area contributed by atoms with Crippen LogP contribution in [0.4, 0.5) is 13.2 Å². The fourth-order valence-electron chi connectivity index (χ4n) is 0.820. The van der Waals surface area contributed by atoms with Gasteiger partial charge in [-0.1, -0.05) is 20.3 Å². The van der Waals surface area contributed by atoms with E-state index in [-0.39, 0.29) is 12.8 Å². The van der Waals surface area contributed by atoms with Crippen molar-refractivity contribution in [2.24, 2.45) is 5.92 Å². The standard InChI is InChI=1S/C7H12F3/c1-3-5-6(4-2)7(8,9)10/h6H,2-5H2,1H3. The predicted molar refractivity (Wildman–Crippen MR) is 34.4 cm³/mol. The van der Waals surface area contributed by atoms with Crippen molar-refractivity contribution >= 4 is 0 Å². The van der Waals surface area contributed by atoms with E-state index in [1.54, 1.807) is 6.92 Å². The molecule has 0 aromatic heterocycles. The maximum absolute atomic E-state index is 11.9. The van der Waals surface area contributed by atoms with Gasteiger partial charge in [0.25, 0.3) is 0 Å². The third-order valence-electron chi connectivity index (χ3n) is 1.45. The molecule has 3 heteroatoms. The highest BCUT2D eigenvalue weighted by Crippen LogP contribution is 2.31. The highest BCUT2D eigenvalue weighted by Gasteiger charge is 2.36. The normalized spacial score (nSPS) is 15.3. The average Bonchev–Trinajstić information content (AvgIpc) is 1.80. The van der Waals surface area contributed by atoms with E-state index in [0.717, 1.165) is 0 Å². The molecule has 0 fully saturated rings. The second-order valence-corrected chi connectivity index (χ2v) is 2.32. The van der Waals surface area contributed by atoms with Crippen LogP contribution >= 0.6 is 0 Å². The van der Waals surface area contributed by atoms with Gasteiger partial charge >= 0.3 is 6.18 Å². The van der Waals surface area contributed by atoms with Crippen LogP contribution in [-0.4, -0.2) is 6.18 Å². The number of alkyl halides is 3. The molecule has 61 valence electrons. The van der Waals surface area contributed by atoms with Crippen LogP contribution in [0, 0.1) is 12.8 Å². The zero-order chi connectivity index (χ0) is 8.20. The molecule has 0 aromatic rings. The Kier molecular flexibility index (Phi) is 3.76. The van der Waals surface area contributed by atoms with Crippen molar-refractivity contribution in [1.29, 1.82) is 0 Å². The molecule has 0 spiro atoms. The summed E-state index contributed by atoms with van der Waals surface area (Å²) in [7, 11) is 0. The van der Waals surface area contributed by atoms with Crippen LogP contribution in [0.15, 0.2) is 0 Å². The van der Waals surface area contributed by atoms with Crippen LogP contribution < -0.4 is 0 Å². The smallest absolute Gasteiger partial charge is 0.171 e. The molecule has 1 unspecified atom stereocenters. The maximum atomic E-state index is 11.9. The van der Waals surface area contributed by atoms with Crippen molar-refractivity contribution in [2.45, 2.75) is 32.4 Å². The van der Waals surface area contributed by atoms with Crippen molar-refractivity contribution < 1.29 is 13.2 Å². The molecule has 0 N–H and O–H groups in total. The summed E-state index contributed by atoms with van der Waals surface area (Å²) in [4.78, 5) is 0. The summed E-state index contributed by atoms with van der Waals surface area (Å²) < 4.78 is 35.6. The molecule has 0 heterocycles. The summed E-state index contributed by atoms with van der Waals surface area (Å²) in [6, 6.07) is 0. The van der Waals surface area contributed by atoms with Crippen LogP contribution in [0.2, 0.25) is 0 Å². The lowest BCUT2D eigenvalue weighted by Crippen LogP contribution is -2.21. The first-order valence-corrected chi connectivity index (χ1v) is 3.38. The molecule has 0 aliphatic carbocycles. The van der Waals surface area contributed by atoms with Crippen molar-refractivity contribution in [1.82, 2.24) is 0 Å². The Labute approximate surface area is 59.4 Å². The van der Waals surface area contributed by atoms with E-state index in [9.17, 15) is 13.2 Å². The van der Waals surface area contributed by atoms with Crippen LogP contribution in [0.1, 0.15) is 26.2 Å². The van der Waals surface area contributed by atoms with Crippen molar-refractivity contribution in [2.75, 3.05) is 0 Å². The van der Waals surface area contributed by atoms with Crippen LogP contribution in [0.5, 0.6) is 0 Å². The molecule has 0 bridgehead atoms. The predicted octanol–water partition coefficient (Wildman–Crippen LogP) is 3.19. The van der Waals surface area contributed by atoms with Gasteiger partial charge in [-0.3, -0.25) is 0 Å². The molecule has 0 rings (SSSR count). The first-order valence-electron chi connectivity index (χ1n) is 3.38. The lowest BCUT2D eigenvalue weighted by atomic mass is 10.0. The molecule has 0 nitrogen and oxygen atoms in total. The van der Waals surface area contributed by atoms with Gasteiger partial charge in [0.15, 0.2) is 0 Å². The van der Waals surface area contributed by atoms with E-state index < -0.39 is 12.1 Å². The van der Waals surface area contributed by atoms with E-state index in [1.165, 1.54) is 0 Å². The topological polar surface area (TPSA) is 0 Å². The first kappa shape index (κ1) is 9.79. The Hall–Kier alpha value is -0.210. The average molecular weight is 153 g/mol. The van der Waals surface area contributed by atoms with E-state index in [4.69, 9.17) is 0 Å². The Bertz CT molecular complexity index is 85.3. The molecule has 0 saturated heterocycles. The zero-order valence-corrected chi connectivity index (χ0v) is 6.04. The Morgan fingerprint density at radius 1 is 1.40 bits per heavy atom. The fraction of sp³-hybridized carbons (Fsp3) is 0.857. The zero-order valence-electron chi connectivity index (χ0n) is 6.04. The summed E-state index contributed by atoms with van der Waals surface area (Å²) in [5.74, 6) is -1.20. The Morgan fingerprint density at radius 3 is 2.00 bits per heavy atom. The van der Waals surface area contributed by atoms with Crippen molar-refractivity contribution in [3.63, 3.8) is 0 Å². The SMILES string of the molecule is [CH2]CC(CCC)C(F)(F)F. The summed E-state index contributed by atoms with van der Waals surface area (Å²) in [5.41, 5.74) is 0. The van der Waals surface area contributed by atoms with E-state index in [2.05, 4.69) is 6.92 Å². The highest BCUT2D eigenvalue weighted by atomic mass is 19.4. The molecule has 0 aliphatic heterocycles. The third kappa shape index (κ3) is 3.08. The molecule has 10 heavy (non-hydrogen) atoms. The fourth-order valence-corrected chi connectivity index (χ4v) is 0.820. The molecular weight excluding hydrogens is 141 g/mol. The third-order valence-corrected chi connectivity index (χ3v) is 1.45. The van der Waals surface area contributed by atoms with Crippen molar-refractivity contribution in [3.05, 3.63) is 6.92 Å². The summed E-state index contributed by atoms with van der Waals surface area (Å²) in [6.07, 6.45) is -3.32. The van der Waals surface area contributed by atoms with Crippen LogP contribution in [-0.2, 0) is 0 Å². The molecule has 1 atom stereocenters. The number of hydrogen-bond donors (Lipinski definition) is 0. The summed E-state index contributed by atoms with van der Waals surface area (Å²) in [5, 5.41) is 0. The molecule has 0 saturated carbocycles. The summed E-state index contributed by atoms with van der Waals surface area (Å²) in [6.45, 7) is 5.00. The van der Waals surface area contributed by atoms with Gasteiger partial charge in [0.2, 0.25) is 0 Å². The number of rotatable bonds is 3. The van der Waals surface area contributed by atoms with Crippen LogP contribution in [0.25, 0.3) is 0 Å². The minimum absolute atomic E-state index is 0.0443. The number of halogens is 3. The highest BCUT2D eigenvalue weighted by molar-refractivity contribution is 4.67. The lowest BCUT2D eigenvalue weighted by Gasteiger charge is -2.16. The Morgan fingerprint density at radius 2 is 1.90 bits per heavy atom. The van der Waals surface area contributed by atoms with Crippen molar-refractivity contribution in [3.8, 4) is 0 Å². The van der Waals surface area contributed by atoms with Gasteiger partial charge in [0.1, 0.15) is 0 Å². The first-order chi connectivity index (χ1) is 4.52. The van der Waals surface area contributed by atoms with Gasteiger partial charge in [0, 0.05) is 0 Å². The second kappa shape index (κ2) is 3.84. The number of hydrogen-bond acceptors (Lipinski definition) is 0. The van der Waals surface area contributed by atoms with Gasteiger partial charge in [-0.2, -0.15) is 13.2 Å². The van der Waals surface area contributed by atoms with Gasteiger partial charge in [0.05, 0.1) is 5.92 Å². The van der Waals surface area contributed by atoms with Crippen LogP contribution in [0.3, 0.4) is 0 Å². The van der Waals surface area contributed by atoms with Gasteiger partial charge < -0.3 is 0 Å². The minimum atomic E-state index is -4.04. The monoisotopic (exact) mass is 153 g/mol. The van der Waals surface area contributed by atoms with E-state index >= 15 is 0 Å². The second-order valence-electron chi connectivity index (χ2n) is 2.32. The quantitative estimate of drug-likeness (QED) is 0.584.